The molecular formula is C54H36. The van der Waals surface area contributed by atoms with Gasteiger partial charge in [0.15, 0.2) is 0 Å². The fourth-order valence-corrected chi connectivity index (χ4v) is 10.6. The molecule has 0 aliphatic heterocycles. The molecule has 0 bridgehead atoms. The van der Waals surface area contributed by atoms with E-state index in [4.69, 9.17) is 0 Å². The summed E-state index contributed by atoms with van der Waals surface area (Å²) in [6.45, 7) is 9.11. The summed E-state index contributed by atoms with van der Waals surface area (Å²) in [5.74, 6) is 0. The lowest BCUT2D eigenvalue weighted by Gasteiger charge is -2.21. The second kappa shape index (κ2) is 10.6. The van der Waals surface area contributed by atoms with Crippen LogP contribution in [-0.4, -0.2) is 0 Å². The summed E-state index contributed by atoms with van der Waals surface area (Å²) >= 11 is 0. The molecule has 10 aromatic rings. The quantitative estimate of drug-likeness (QED) is 0.159. The van der Waals surface area contributed by atoms with Crippen LogP contribution in [0, 0.1) is 27.7 Å². The van der Waals surface area contributed by atoms with Crippen molar-refractivity contribution < 1.29 is 0 Å². The summed E-state index contributed by atoms with van der Waals surface area (Å²) in [6.07, 6.45) is 0. The molecule has 0 spiro atoms. The van der Waals surface area contributed by atoms with Crippen LogP contribution < -0.4 is 0 Å². The van der Waals surface area contributed by atoms with Crippen LogP contribution in [-0.2, 0) is 0 Å². The van der Waals surface area contributed by atoms with Crippen molar-refractivity contribution in [2.45, 2.75) is 27.7 Å². The molecular weight excluding hydrogens is 649 g/mol. The molecule has 54 heavy (non-hydrogen) atoms. The van der Waals surface area contributed by atoms with Crippen molar-refractivity contribution in [1.82, 2.24) is 0 Å². The van der Waals surface area contributed by atoms with Crippen LogP contribution in [0.4, 0.5) is 0 Å². The normalized spacial score (nSPS) is 12.4. The second-order valence-electron chi connectivity index (χ2n) is 15.7. The van der Waals surface area contributed by atoms with Gasteiger partial charge >= 0.3 is 0 Å². The van der Waals surface area contributed by atoms with Gasteiger partial charge in [-0.15, -0.1) is 0 Å². The number of rotatable bonds is 2. The molecule has 0 nitrogen and oxygen atoms in total. The third-order valence-electron chi connectivity index (χ3n) is 12.8. The van der Waals surface area contributed by atoms with E-state index >= 15 is 0 Å². The minimum absolute atomic E-state index is 1.30. The standard InChI is InChI=1S/C54H36/c1-29-11-5-12-30(2)49(29)48-27-42-35(41-25-43-36-19-7-15-33-16-8-20-37(51(33)36)44(43)26-46(41)48)23-24-39-45(42)28-47-38-21-9-17-34-18-10-22-40(52(34)38)53(47)54(39)50-31(3)13-6-14-32(50)4/h5-28H,1-4H3. The van der Waals surface area contributed by atoms with Gasteiger partial charge in [-0.2, -0.15) is 0 Å². The number of aryl methyl sites for hydroxylation is 4. The molecule has 0 saturated carbocycles. The molecule has 0 unspecified atom stereocenters. The Morgan fingerprint density at radius 2 is 0.648 bits per heavy atom. The summed E-state index contributed by atoms with van der Waals surface area (Å²) < 4.78 is 0. The maximum atomic E-state index is 2.54. The van der Waals surface area contributed by atoms with Crippen LogP contribution in [0.5, 0.6) is 0 Å². The molecule has 0 aromatic heterocycles. The third kappa shape index (κ3) is 3.77. The van der Waals surface area contributed by atoms with E-state index in [-0.39, 0.29) is 0 Å². The smallest absolute Gasteiger partial charge is 0.00135 e. The van der Waals surface area contributed by atoms with Crippen molar-refractivity contribution in [3.8, 4) is 66.8 Å². The Labute approximate surface area is 315 Å². The number of hydrogen-bond donors (Lipinski definition) is 0. The highest BCUT2D eigenvalue weighted by Crippen LogP contribution is 2.56. The van der Waals surface area contributed by atoms with Gasteiger partial charge in [0.1, 0.15) is 0 Å². The van der Waals surface area contributed by atoms with Crippen LogP contribution in [0.2, 0.25) is 0 Å². The Balaban J connectivity index is 1.29. The lowest BCUT2D eigenvalue weighted by molar-refractivity contribution is 1.38. The minimum Gasteiger partial charge on any atom is -0.0617 e. The zero-order valence-corrected chi connectivity index (χ0v) is 30.9. The Hall–Kier alpha value is -6.50. The Morgan fingerprint density at radius 1 is 0.241 bits per heavy atom. The van der Waals surface area contributed by atoms with Gasteiger partial charge in [0.25, 0.3) is 0 Å². The van der Waals surface area contributed by atoms with Gasteiger partial charge < -0.3 is 0 Å². The molecule has 0 radical (unpaired) electrons. The van der Waals surface area contributed by atoms with Gasteiger partial charge in [0.05, 0.1) is 0 Å². The van der Waals surface area contributed by atoms with Gasteiger partial charge in [0.2, 0.25) is 0 Å². The predicted octanol–water partition coefficient (Wildman–Crippen LogP) is 15.3. The molecule has 0 heterocycles. The van der Waals surface area contributed by atoms with Crippen LogP contribution in [0.25, 0.3) is 121 Å². The van der Waals surface area contributed by atoms with E-state index in [9.17, 15) is 0 Å². The first-order chi connectivity index (χ1) is 26.5. The first-order valence-electron chi connectivity index (χ1n) is 19.2. The van der Waals surface area contributed by atoms with Gasteiger partial charge in [-0.1, -0.05) is 121 Å². The molecule has 0 saturated heterocycles. The lowest BCUT2D eigenvalue weighted by Crippen LogP contribution is -1.95. The molecule has 10 aromatic carbocycles. The largest absolute Gasteiger partial charge is 0.0617 e. The van der Waals surface area contributed by atoms with Crippen LogP contribution in [0.15, 0.2) is 146 Å². The average molecular weight is 685 g/mol. The van der Waals surface area contributed by atoms with Crippen molar-refractivity contribution in [2.75, 3.05) is 0 Å². The number of benzene rings is 10. The van der Waals surface area contributed by atoms with Crippen LogP contribution >= 0.6 is 0 Å². The Kier molecular flexibility index (Phi) is 5.87. The van der Waals surface area contributed by atoms with Crippen molar-refractivity contribution in [3.63, 3.8) is 0 Å². The maximum Gasteiger partial charge on any atom is -0.00135 e. The molecule has 0 fully saturated rings. The van der Waals surface area contributed by atoms with Crippen molar-refractivity contribution in [3.05, 3.63) is 168 Å². The highest BCUT2D eigenvalue weighted by atomic mass is 14.3. The lowest BCUT2D eigenvalue weighted by atomic mass is 9.82. The molecule has 2 aliphatic carbocycles. The second-order valence-corrected chi connectivity index (χ2v) is 15.7. The van der Waals surface area contributed by atoms with Gasteiger partial charge in [-0.25, -0.2) is 0 Å². The predicted molar refractivity (Wildman–Crippen MR) is 233 cm³/mol. The summed E-state index contributed by atoms with van der Waals surface area (Å²) in [5, 5.41) is 13.2. The van der Waals surface area contributed by atoms with Crippen molar-refractivity contribution in [2.24, 2.45) is 0 Å². The first kappa shape index (κ1) is 30.0. The average Bonchev–Trinajstić information content (AvgIpc) is 3.68. The third-order valence-corrected chi connectivity index (χ3v) is 12.8. The number of hydrogen-bond acceptors (Lipinski definition) is 0. The van der Waals surface area contributed by atoms with E-state index in [1.165, 1.54) is 143 Å². The molecule has 252 valence electrons. The summed E-state index contributed by atoms with van der Waals surface area (Å²) in [7, 11) is 0. The molecule has 0 atom stereocenters. The molecule has 0 heteroatoms. The Morgan fingerprint density at radius 3 is 1.26 bits per heavy atom. The Bertz CT molecular complexity index is 3300. The molecule has 0 amide bonds. The van der Waals surface area contributed by atoms with E-state index in [0.717, 1.165) is 0 Å². The summed E-state index contributed by atoms with van der Waals surface area (Å²) in [6, 6.07) is 55.7. The van der Waals surface area contributed by atoms with Crippen molar-refractivity contribution >= 4 is 53.9 Å². The highest BCUT2D eigenvalue weighted by Gasteiger charge is 2.29. The maximum absolute atomic E-state index is 2.54. The first-order valence-corrected chi connectivity index (χ1v) is 19.2. The minimum atomic E-state index is 1.30. The topological polar surface area (TPSA) is 0 Å². The van der Waals surface area contributed by atoms with Crippen molar-refractivity contribution in [1.29, 1.82) is 0 Å². The zero-order valence-electron chi connectivity index (χ0n) is 30.9. The molecule has 12 rings (SSSR count). The zero-order chi connectivity index (χ0) is 36.0. The van der Waals surface area contributed by atoms with E-state index in [0.29, 0.717) is 0 Å². The fraction of sp³-hybridized carbons (Fsp3) is 0.0741. The van der Waals surface area contributed by atoms with Crippen LogP contribution in [0.1, 0.15) is 22.3 Å². The highest BCUT2D eigenvalue weighted by molar-refractivity contribution is 6.30. The van der Waals surface area contributed by atoms with Gasteiger partial charge in [-0.3, -0.25) is 0 Å². The molecule has 0 N–H and O–H groups in total. The van der Waals surface area contributed by atoms with Gasteiger partial charge in [-0.05, 0) is 195 Å². The number of fused-ring (bicyclic) bond motifs is 11. The fourth-order valence-electron chi connectivity index (χ4n) is 10.6. The van der Waals surface area contributed by atoms with Gasteiger partial charge in [0, 0.05) is 0 Å². The monoisotopic (exact) mass is 684 g/mol. The van der Waals surface area contributed by atoms with Crippen LogP contribution in [0.3, 0.4) is 0 Å². The summed E-state index contributed by atoms with van der Waals surface area (Å²) in [4.78, 5) is 0. The summed E-state index contributed by atoms with van der Waals surface area (Å²) in [5.41, 5.74) is 21.3. The SMILES string of the molecule is Cc1cccc(C)c1-c1cc2c3cc4c(c(-c5c(C)cccc5C)c3ccc2c2cc3c(cc12)-c1cccc2cccc-3c12)-c1cccc2cccc-4c12. The van der Waals surface area contributed by atoms with E-state index < -0.39 is 0 Å². The van der Waals surface area contributed by atoms with E-state index in [1.807, 2.05) is 0 Å². The molecule has 2 aliphatic rings. The van der Waals surface area contributed by atoms with E-state index in [1.54, 1.807) is 0 Å². The van der Waals surface area contributed by atoms with E-state index in [2.05, 4.69) is 173 Å².